The minimum absolute atomic E-state index is 0.0111. The van der Waals surface area contributed by atoms with Crippen molar-refractivity contribution in [3.63, 3.8) is 0 Å². The summed E-state index contributed by atoms with van der Waals surface area (Å²) in [6.45, 7) is 5.95. The monoisotopic (exact) mass is 331 g/mol. The Labute approximate surface area is 142 Å². The topological polar surface area (TPSA) is 92.9 Å². The second kappa shape index (κ2) is 8.54. The van der Waals surface area contributed by atoms with Gasteiger partial charge in [-0.05, 0) is 30.9 Å². The predicted molar refractivity (Wildman–Crippen MR) is 91.1 cm³/mol. The molecule has 7 nitrogen and oxygen atoms in total. The SMILES string of the molecule is CC(CCCO)NC(=O)C(C(C)C)n1nnc(-c2ccccc2)n1. The fourth-order valence-corrected chi connectivity index (χ4v) is 2.52. The lowest BCUT2D eigenvalue weighted by molar-refractivity contribution is -0.127. The summed E-state index contributed by atoms with van der Waals surface area (Å²) < 4.78 is 0. The number of aromatic nitrogens is 4. The first-order valence-electron chi connectivity index (χ1n) is 8.29. The molecule has 1 aromatic heterocycles. The largest absolute Gasteiger partial charge is 0.396 e. The summed E-state index contributed by atoms with van der Waals surface area (Å²) in [5.74, 6) is 0.391. The number of carbonyl (C=O) groups is 1. The summed E-state index contributed by atoms with van der Waals surface area (Å²) in [6.07, 6.45) is 1.39. The zero-order valence-corrected chi connectivity index (χ0v) is 14.4. The van der Waals surface area contributed by atoms with E-state index in [9.17, 15) is 4.79 Å². The van der Waals surface area contributed by atoms with Crippen LogP contribution in [0.15, 0.2) is 30.3 Å². The van der Waals surface area contributed by atoms with Crippen LogP contribution < -0.4 is 5.32 Å². The minimum atomic E-state index is -0.522. The summed E-state index contributed by atoms with van der Waals surface area (Å²) in [5.41, 5.74) is 0.864. The molecule has 7 heteroatoms. The van der Waals surface area contributed by atoms with Crippen LogP contribution in [0.25, 0.3) is 11.4 Å². The van der Waals surface area contributed by atoms with Crippen LogP contribution in [-0.4, -0.2) is 43.9 Å². The van der Waals surface area contributed by atoms with Crippen molar-refractivity contribution in [2.45, 2.75) is 45.7 Å². The Morgan fingerprint density at radius 1 is 1.25 bits per heavy atom. The second-order valence-corrected chi connectivity index (χ2v) is 6.26. The van der Waals surface area contributed by atoms with Crippen LogP contribution in [0.2, 0.25) is 0 Å². The van der Waals surface area contributed by atoms with Gasteiger partial charge in [-0.1, -0.05) is 44.2 Å². The molecule has 0 fully saturated rings. The molecular formula is C17H25N5O2. The third-order valence-corrected chi connectivity index (χ3v) is 3.79. The Morgan fingerprint density at radius 2 is 1.96 bits per heavy atom. The van der Waals surface area contributed by atoms with Gasteiger partial charge in [-0.25, -0.2) is 0 Å². The zero-order chi connectivity index (χ0) is 17.5. The van der Waals surface area contributed by atoms with Crippen molar-refractivity contribution in [3.05, 3.63) is 30.3 Å². The minimum Gasteiger partial charge on any atom is -0.396 e. The molecule has 0 spiro atoms. The maximum absolute atomic E-state index is 12.6. The maximum atomic E-state index is 12.6. The van der Waals surface area contributed by atoms with Crippen molar-refractivity contribution < 1.29 is 9.90 Å². The number of nitrogens with zero attached hydrogens (tertiary/aromatic N) is 4. The van der Waals surface area contributed by atoms with E-state index >= 15 is 0 Å². The van der Waals surface area contributed by atoms with Crippen LogP contribution in [0.3, 0.4) is 0 Å². The van der Waals surface area contributed by atoms with Gasteiger partial charge >= 0.3 is 0 Å². The van der Waals surface area contributed by atoms with Crippen molar-refractivity contribution in [1.82, 2.24) is 25.5 Å². The average molecular weight is 331 g/mol. The molecule has 0 aliphatic carbocycles. The van der Waals surface area contributed by atoms with Crippen molar-refractivity contribution in [2.24, 2.45) is 5.92 Å². The van der Waals surface area contributed by atoms with Gasteiger partial charge in [-0.15, -0.1) is 10.2 Å². The first kappa shape index (κ1) is 18.1. The van der Waals surface area contributed by atoms with Gasteiger partial charge < -0.3 is 10.4 Å². The van der Waals surface area contributed by atoms with E-state index in [1.54, 1.807) is 0 Å². The van der Waals surface area contributed by atoms with Crippen molar-refractivity contribution >= 4 is 5.91 Å². The number of nitrogens with one attached hydrogen (secondary N) is 1. The molecule has 2 N–H and O–H groups in total. The number of tetrazole rings is 1. The molecule has 0 aliphatic rings. The second-order valence-electron chi connectivity index (χ2n) is 6.26. The number of aliphatic hydroxyl groups is 1. The molecule has 2 atom stereocenters. The molecule has 0 radical (unpaired) electrons. The van der Waals surface area contributed by atoms with Crippen LogP contribution in [-0.2, 0) is 4.79 Å². The number of amides is 1. The van der Waals surface area contributed by atoms with Crippen LogP contribution >= 0.6 is 0 Å². The molecule has 1 amide bonds. The van der Waals surface area contributed by atoms with E-state index in [2.05, 4.69) is 20.7 Å². The van der Waals surface area contributed by atoms with Gasteiger partial charge in [0.2, 0.25) is 11.7 Å². The number of hydrogen-bond acceptors (Lipinski definition) is 5. The highest BCUT2D eigenvalue weighted by Crippen LogP contribution is 2.19. The highest BCUT2D eigenvalue weighted by Gasteiger charge is 2.28. The Hall–Kier alpha value is -2.28. The molecule has 2 aromatic rings. The number of carbonyl (C=O) groups excluding carboxylic acids is 1. The molecule has 1 heterocycles. The molecule has 0 saturated heterocycles. The highest BCUT2D eigenvalue weighted by atomic mass is 16.3. The lowest BCUT2D eigenvalue weighted by Gasteiger charge is -2.21. The average Bonchev–Trinajstić information content (AvgIpc) is 3.03. The predicted octanol–water partition coefficient (Wildman–Crippen LogP) is 1.81. The van der Waals surface area contributed by atoms with E-state index < -0.39 is 6.04 Å². The lowest BCUT2D eigenvalue weighted by Crippen LogP contribution is -2.41. The highest BCUT2D eigenvalue weighted by molar-refractivity contribution is 5.80. The Kier molecular flexibility index (Phi) is 6.43. The summed E-state index contributed by atoms with van der Waals surface area (Å²) >= 11 is 0. The van der Waals surface area contributed by atoms with E-state index in [0.29, 0.717) is 12.2 Å². The number of hydrogen-bond donors (Lipinski definition) is 2. The summed E-state index contributed by atoms with van der Waals surface area (Å²) in [4.78, 5) is 14.0. The van der Waals surface area contributed by atoms with Gasteiger partial charge in [-0.3, -0.25) is 4.79 Å². The molecule has 2 unspecified atom stereocenters. The maximum Gasteiger partial charge on any atom is 0.247 e. The van der Waals surface area contributed by atoms with Crippen LogP contribution in [0.4, 0.5) is 0 Å². The van der Waals surface area contributed by atoms with E-state index in [1.165, 1.54) is 4.80 Å². The zero-order valence-electron chi connectivity index (χ0n) is 14.4. The molecule has 1 aromatic carbocycles. The van der Waals surface area contributed by atoms with Gasteiger partial charge in [0.1, 0.15) is 0 Å². The van der Waals surface area contributed by atoms with Gasteiger partial charge in [0.25, 0.3) is 0 Å². The van der Waals surface area contributed by atoms with Gasteiger partial charge in [-0.2, -0.15) is 4.80 Å². The Balaban J connectivity index is 2.13. The van der Waals surface area contributed by atoms with Gasteiger partial charge in [0.05, 0.1) is 0 Å². The van der Waals surface area contributed by atoms with Crippen molar-refractivity contribution in [1.29, 1.82) is 0 Å². The van der Waals surface area contributed by atoms with Crippen molar-refractivity contribution in [2.75, 3.05) is 6.61 Å². The Morgan fingerprint density at radius 3 is 2.58 bits per heavy atom. The summed E-state index contributed by atoms with van der Waals surface area (Å²) in [6, 6.07) is 9.02. The molecule has 0 bridgehead atoms. The fourth-order valence-electron chi connectivity index (χ4n) is 2.52. The fraction of sp³-hybridized carbons (Fsp3) is 0.529. The molecular weight excluding hydrogens is 306 g/mol. The molecule has 0 saturated carbocycles. The lowest BCUT2D eigenvalue weighted by atomic mass is 10.0. The smallest absolute Gasteiger partial charge is 0.247 e. The van der Waals surface area contributed by atoms with Gasteiger partial charge in [0, 0.05) is 18.2 Å². The molecule has 130 valence electrons. The van der Waals surface area contributed by atoms with Crippen LogP contribution in [0, 0.1) is 5.92 Å². The van der Waals surface area contributed by atoms with E-state index in [4.69, 9.17) is 5.11 Å². The standard InChI is InChI=1S/C17H25N5O2/c1-12(2)15(17(24)18-13(3)8-7-11-23)22-20-16(19-21-22)14-9-5-4-6-10-14/h4-6,9-10,12-13,15,23H,7-8,11H2,1-3H3,(H,18,24). The van der Waals surface area contributed by atoms with Crippen LogP contribution in [0.1, 0.15) is 39.7 Å². The molecule has 2 rings (SSSR count). The van der Waals surface area contributed by atoms with E-state index in [0.717, 1.165) is 12.0 Å². The van der Waals surface area contributed by atoms with Gasteiger partial charge in [0.15, 0.2) is 6.04 Å². The van der Waals surface area contributed by atoms with E-state index in [1.807, 2.05) is 51.1 Å². The summed E-state index contributed by atoms with van der Waals surface area (Å²) in [7, 11) is 0. The van der Waals surface area contributed by atoms with E-state index in [-0.39, 0.29) is 24.5 Å². The molecule has 0 aliphatic heterocycles. The number of aliphatic hydroxyl groups excluding tert-OH is 1. The molecule has 24 heavy (non-hydrogen) atoms. The first-order valence-corrected chi connectivity index (χ1v) is 8.29. The third-order valence-electron chi connectivity index (χ3n) is 3.79. The normalized spacial score (nSPS) is 13.7. The van der Waals surface area contributed by atoms with Crippen molar-refractivity contribution in [3.8, 4) is 11.4 Å². The first-order chi connectivity index (χ1) is 11.5. The van der Waals surface area contributed by atoms with Crippen LogP contribution in [0.5, 0.6) is 0 Å². The summed E-state index contributed by atoms with van der Waals surface area (Å²) in [5, 5.41) is 24.4. The Bertz CT molecular complexity index is 641. The third kappa shape index (κ3) is 4.61. The quantitative estimate of drug-likeness (QED) is 0.769. The number of rotatable bonds is 8. The number of benzene rings is 1.